The van der Waals surface area contributed by atoms with Crippen molar-refractivity contribution in [2.24, 2.45) is 0 Å². The SMILES string of the molecule is CCNC(=O)C1NOC(c2cc(Cl)c(C)cc2OCc2ccccc2)=C1I.CCNC(=O)C1NOC(c2cc(Cl)c(C)cc2OCc2ccccc2)=C1c1cccc(N2CCN(C)CC2)c1.CCNC(=O)C1NOC(c2cc(Cl)c(O)cc2O)=C1c1cccc(N2CCN(C)CC2)c1. The van der Waals surface area contributed by atoms with Crippen LogP contribution in [0.25, 0.3) is 28.4 Å². The Kier molecular flexibility index (Phi) is 25.2. The van der Waals surface area contributed by atoms with Crippen molar-refractivity contribution in [3.8, 4) is 23.0 Å². The van der Waals surface area contributed by atoms with Gasteiger partial charge in [-0.05, 0) is 159 Å². The number of nitrogens with one attached hydrogen (secondary N) is 6. The van der Waals surface area contributed by atoms with Crippen LogP contribution in [0, 0.1) is 13.8 Å². The van der Waals surface area contributed by atoms with Crippen LogP contribution in [-0.4, -0.2) is 142 Å². The molecule has 0 aromatic heterocycles. The highest BCUT2D eigenvalue weighted by molar-refractivity contribution is 14.1. The number of amides is 3. The number of benzene rings is 7. The molecule has 20 nitrogen and oxygen atoms in total. The van der Waals surface area contributed by atoms with Gasteiger partial charge < -0.3 is 69.7 Å². The first-order valence-electron chi connectivity index (χ1n) is 32.6. The standard InChI is InChI=1S/C31H35ClN4O3.C23H27ClN4O4.C20H20ClIN2O3/c1-4-33-31(37)29-28(23-11-8-12-24(18-23)36-15-13-35(3)14-16-36)30(39-34-29)25-19-26(32)21(2)17-27(25)38-20-22-9-6-5-7-10-22;1-3-25-23(31)21-20(22(32-26-21)16-12-17(24)19(30)13-18(16)29)14-5-4-6-15(11-14)28-9-7-27(2)8-10-28;1-3-23-20(25)18-17(22)19(27-24-18)14-10-15(21)12(2)9-16(14)26-11-13-7-5-4-6-8-13/h5-12,17-19,29,34H,4,13-16,20H2,1-3H3,(H,33,37);4-6,11-13,21,26,29-30H,3,7-10H2,1-2H3,(H,25,31);4-10,18,24H,3,11H2,1-2H3,(H,23,25). The summed E-state index contributed by atoms with van der Waals surface area (Å²) in [5.41, 5.74) is 19.4. The Hall–Kier alpha value is -8.23. The lowest BCUT2D eigenvalue weighted by Crippen LogP contribution is -2.44. The average molecular weight is 1500 g/mol. The van der Waals surface area contributed by atoms with E-state index >= 15 is 0 Å². The number of aromatic hydroxyl groups is 2. The normalized spacial score (nSPS) is 17.8. The molecule has 24 heteroatoms. The van der Waals surface area contributed by atoms with Gasteiger partial charge in [0.15, 0.2) is 35.4 Å². The number of halogens is 4. The fraction of sp³-hybridized carbons (Fsp3) is 0.311. The van der Waals surface area contributed by atoms with E-state index < -0.39 is 18.1 Å². The molecule has 7 aromatic carbocycles. The van der Waals surface area contributed by atoms with Gasteiger partial charge in [-0.15, -0.1) is 16.4 Å². The van der Waals surface area contributed by atoms with Gasteiger partial charge in [-0.2, -0.15) is 0 Å². The number of piperazine rings is 2. The first kappa shape index (κ1) is 72.5. The van der Waals surface area contributed by atoms with E-state index in [1.165, 1.54) is 6.07 Å². The number of hydroxylamine groups is 3. The Morgan fingerprint density at radius 2 is 0.878 bits per heavy atom. The highest BCUT2D eigenvalue weighted by Gasteiger charge is 2.39. The van der Waals surface area contributed by atoms with Crippen molar-refractivity contribution in [2.75, 3.05) is 95.9 Å². The molecule has 5 heterocycles. The maximum Gasteiger partial charge on any atom is 0.245 e. The van der Waals surface area contributed by atoms with Gasteiger partial charge in [-0.1, -0.05) is 120 Å². The second kappa shape index (κ2) is 34.0. The van der Waals surface area contributed by atoms with Crippen molar-refractivity contribution in [1.29, 1.82) is 0 Å². The molecule has 7 aromatic rings. The third-order valence-electron chi connectivity index (χ3n) is 17.1. The van der Waals surface area contributed by atoms with E-state index in [4.69, 9.17) is 58.8 Å². The van der Waals surface area contributed by atoms with Crippen LogP contribution in [0.4, 0.5) is 11.4 Å². The molecule has 3 amide bonds. The zero-order valence-corrected chi connectivity index (χ0v) is 60.2. The molecule has 0 saturated carbocycles. The summed E-state index contributed by atoms with van der Waals surface area (Å²) in [6.07, 6.45) is 0. The van der Waals surface area contributed by atoms with E-state index in [1.807, 2.05) is 156 Å². The van der Waals surface area contributed by atoms with E-state index in [1.54, 1.807) is 0 Å². The molecule has 516 valence electrons. The van der Waals surface area contributed by atoms with Gasteiger partial charge >= 0.3 is 0 Å². The van der Waals surface area contributed by atoms with Crippen LogP contribution in [0.15, 0.2) is 149 Å². The van der Waals surface area contributed by atoms with Crippen LogP contribution in [0.2, 0.25) is 15.1 Å². The van der Waals surface area contributed by atoms with E-state index in [2.05, 4.69) is 101 Å². The van der Waals surface area contributed by atoms with Gasteiger partial charge in [-0.25, -0.2) is 0 Å². The summed E-state index contributed by atoms with van der Waals surface area (Å²) in [5, 5.41) is 30.1. The Morgan fingerprint density at radius 3 is 1.32 bits per heavy atom. The number of aryl methyl sites for hydroxylation is 2. The summed E-state index contributed by atoms with van der Waals surface area (Å²) in [6, 6.07) is 44.2. The molecular formula is C74H82Cl3IN10O10. The van der Waals surface area contributed by atoms with Crippen LogP contribution < -0.4 is 51.7 Å². The number of phenolic OH excluding ortho intramolecular Hbond substituents is 2. The lowest BCUT2D eigenvalue weighted by atomic mass is 9.94. The number of nitrogens with zero attached hydrogens (tertiary/aromatic N) is 4. The van der Waals surface area contributed by atoms with Crippen molar-refractivity contribution in [3.05, 3.63) is 214 Å². The van der Waals surface area contributed by atoms with E-state index in [9.17, 15) is 24.6 Å². The summed E-state index contributed by atoms with van der Waals surface area (Å²) in [4.78, 5) is 64.9. The summed E-state index contributed by atoms with van der Waals surface area (Å²) in [7, 11) is 4.26. The minimum atomic E-state index is -0.778. The van der Waals surface area contributed by atoms with Crippen molar-refractivity contribution in [2.45, 2.75) is 66.0 Å². The first-order valence-corrected chi connectivity index (χ1v) is 34.8. The second-order valence-electron chi connectivity index (χ2n) is 24.1. The first-order chi connectivity index (χ1) is 47.3. The predicted molar refractivity (Wildman–Crippen MR) is 396 cm³/mol. The van der Waals surface area contributed by atoms with Crippen molar-refractivity contribution in [1.82, 2.24) is 42.2 Å². The molecule has 0 radical (unpaired) electrons. The van der Waals surface area contributed by atoms with E-state index in [0.29, 0.717) is 82.6 Å². The Bertz CT molecular complexity index is 4090. The van der Waals surface area contributed by atoms with Crippen molar-refractivity contribution < 1.29 is 48.6 Å². The predicted octanol–water partition coefficient (Wildman–Crippen LogP) is 11.7. The third kappa shape index (κ3) is 17.6. The number of ether oxygens (including phenoxy) is 2. The lowest BCUT2D eigenvalue weighted by molar-refractivity contribution is -0.124. The number of hydrogen-bond acceptors (Lipinski definition) is 17. The molecule has 3 unspecified atom stereocenters. The number of hydrogen-bond donors (Lipinski definition) is 8. The zero-order valence-electron chi connectivity index (χ0n) is 55.7. The quantitative estimate of drug-likeness (QED) is 0.0353. The Balaban J connectivity index is 0.000000162. The van der Waals surface area contributed by atoms with Gasteiger partial charge in [0.1, 0.15) is 36.2 Å². The molecule has 5 aliphatic rings. The number of carbonyl (C=O) groups excluding carboxylic acids is 3. The minimum Gasteiger partial charge on any atom is -0.507 e. The van der Waals surface area contributed by atoms with Crippen LogP contribution in [-0.2, 0) is 42.1 Å². The fourth-order valence-electron chi connectivity index (χ4n) is 11.6. The van der Waals surface area contributed by atoms with Crippen LogP contribution in [0.3, 0.4) is 0 Å². The minimum absolute atomic E-state index is 0.0703. The highest BCUT2D eigenvalue weighted by atomic mass is 127. The molecule has 0 aliphatic carbocycles. The molecule has 12 rings (SSSR count). The van der Waals surface area contributed by atoms with Gasteiger partial charge in [0.25, 0.3) is 0 Å². The van der Waals surface area contributed by atoms with Gasteiger partial charge in [0.2, 0.25) is 17.7 Å². The maximum atomic E-state index is 13.2. The van der Waals surface area contributed by atoms with Gasteiger partial charge in [-0.3, -0.25) is 14.4 Å². The number of likely N-dealkylation sites (N-methyl/N-ethyl adjacent to an activating group) is 5. The van der Waals surface area contributed by atoms with Crippen molar-refractivity contribution in [3.63, 3.8) is 0 Å². The van der Waals surface area contributed by atoms with Crippen LogP contribution in [0.5, 0.6) is 23.0 Å². The largest absolute Gasteiger partial charge is 0.507 e. The maximum absolute atomic E-state index is 13.2. The topological polar surface area (TPSA) is 223 Å². The number of carbonyl (C=O) groups is 3. The molecule has 98 heavy (non-hydrogen) atoms. The molecule has 5 aliphatic heterocycles. The van der Waals surface area contributed by atoms with E-state index in [-0.39, 0.29) is 45.6 Å². The molecular weight excluding hydrogens is 1420 g/mol. The molecule has 2 saturated heterocycles. The summed E-state index contributed by atoms with van der Waals surface area (Å²) >= 11 is 21.2. The number of phenols is 2. The summed E-state index contributed by atoms with van der Waals surface area (Å²) in [5.74, 6) is 1.70. The fourth-order valence-corrected chi connectivity index (χ4v) is 12.9. The Labute approximate surface area is 600 Å². The monoisotopic (exact) mass is 1500 g/mol. The van der Waals surface area contributed by atoms with Crippen LogP contribution in [0.1, 0.15) is 70.8 Å². The highest BCUT2D eigenvalue weighted by Crippen LogP contribution is 2.45. The Morgan fingerprint density at radius 1 is 0.490 bits per heavy atom. The third-order valence-corrected chi connectivity index (χ3v) is 19.3. The summed E-state index contributed by atoms with van der Waals surface area (Å²) in [6.45, 7) is 19.5. The molecule has 8 N–H and O–H groups in total. The smallest absolute Gasteiger partial charge is 0.245 e. The van der Waals surface area contributed by atoms with Gasteiger partial charge in [0.05, 0.1) is 25.3 Å². The molecule has 3 atom stereocenters. The molecule has 0 bridgehead atoms. The zero-order chi connectivity index (χ0) is 69.6. The van der Waals surface area contributed by atoms with Gasteiger partial charge in [0, 0.05) is 111 Å². The van der Waals surface area contributed by atoms with Crippen LogP contribution >= 0.6 is 57.4 Å². The average Bonchev–Trinajstić information content (AvgIpc) is 1.59. The lowest BCUT2D eigenvalue weighted by Gasteiger charge is -2.34. The van der Waals surface area contributed by atoms with E-state index in [0.717, 1.165) is 112 Å². The van der Waals surface area contributed by atoms with Crippen molar-refractivity contribution >= 4 is 115 Å². The molecule has 2 fully saturated rings. The second-order valence-corrected chi connectivity index (χ2v) is 26.4. The number of rotatable bonds is 19. The summed E-state index contributed by atoms with van der Waals surface area (Å²) < 4.78 is 13.1. The molecule has 0 spiro atoms. The number of anilines is 2.